The number of aryl methyl sites for hydroxylation is 1. The van der Waals surface area contributed by atoms with Gasteiger partial charge in [-0.05, 0) is 31.0 Å². The molecule has 0 atom stereocenters. The highest BCUT2D eigenvalue weighted by molar-refractivity contribution is 6.01. The van der Waals surface area contributed by atoms with Crippen molar-refractivity contribution in [1.82, 2.24) is 5.32 Å². The molecule has 1 heterocycles. The van der Waals surface area contributed by atoms with Crippen LogP contribution in [0.25, 0.3) is 0 Å². The molecule has 4 N–H and O–H groups in total. The molecule has 1 saturated heterocycles. The fourth-order valence-corrected chi connectivity index (χ4v) is 3.63. The van der Waals surface area contributed by atoms with E-state index in [0.717, 1.165) is 49.5 Å². The number of carbonyl (C=O) groups excluding carboxylic acids is 2. The van der Waals surface area contributed by atoms with Crippen molar-refractivity contribution in [2.24, 2.45) is 0 Å². The molecule has 2 aromatic carbocycles. The van der Waals surface area contributed by atoms with Crippen molar-refractivity contribution in [3.63, 3.8) is 0 Å². The first kappa shape index (κ1) is 20.0. The highest BCUT2D eigenvalue weighted by Gasteiger charge is 2.25. The molecule has 6 nitrogen and oxygen atoms in total. The Morgan fingerprint density at radius 3 is 2.29 bits per heavy atom. The number of amides is 3. The molecule has 1 aliphatic heterocycles. The van der Waals surface area contributed by atoms with Gasteiger partial charge in [0.15, 0.2) is 6.54 Å². The number of carbonyl (C=O) groups is 2. The van der Waals surface area contributed by atoms with Crippen LogP contribution in [0.5, 0.6) is 0 Å². The van der Waals surface area contributed by atoms with Crippen LogP contribution >= 0.6 is 0 Å². The van der Waals surface area contributed by atoms with Crippen molar-refractivity contribution in [2.75, 3.05) is 38.0 Å². The molecule has 0 spiro atoms. The number of hydrogen-bond acceptors (Lipinski definition) is 2. The maximum Gasteiger partial charge on any atom is 0.326 e. The number of benzene rings is 2. The molecule has 1 aliphatic rings. The lowest BCUT2D eigenvalue weighted by Gasteiger charge is -2.29. The highest BCUT2D eigenvalue weighted by atomic mass is 16.2. The molecule has 0 saturated carbocycles. The number of imide groups is 1. The van der Waals surface area contributed by atoms with Gasteiger partial charge in [0.1, 0.15) is 32.7 Å². The second-order valence-electron chi connectivity index (χ2n) is 7.59. The Labute approximate surface area is 166 Å². The summed E-state index contributed by atoms with van der Waals surface area (Å²) in [4.78, 5) is 27.1. The second kappa shape index (κ2) is 9.48. The zero-order valence-corrected chi connectivity index (χ0v) is 16.7. The maximum atomic E-state index is 12.2. The van der Waals surface area contributed by atoms with Crippen LogP contribution in [0.1, 0.15) is 16.7 Å². The predicted octanol–water partition coefficient (Wildman–Crippen LogP) is -0.0649. The molecule has 3 amide bonds. The molecular weight excluding hydrogens is 352 g/mol. The van der Waals surface area contributed by atoms with Crippen LogP contribution in [0.15, 0.2) is 48.5 Å². The van der Waals surface area contributed by atoms with Crippen LogP contribution in [0.3, 0.4) is 0 Å². The average molecular weight is 383 g/mol. The normalized spacial score (nSPS) is 19.1. The minimum absolute atomic E-state index is 0.232. The lowest BCUT2D eigenvalue weighted by molar-refractivity contribution is -1.02. The Morgan fingerprint density at radius 1 is 0.893 bits per heavy atom. The van der Waals surface area contributed by atoms with Crippen LogP contribution in [0.4, 0.5) is 10.5 Å². The smallest absolute Gasteiger partial charge is 0.322 e. The molecule has 1 fully saturated rings. The van der Waals surface area contributed by atoms with Crippen LogP contribution in [-0.2, 0) is 11.3 Å². The number of hydrogen-bond donors (Lipinski definition) is 4. The topological polar surface area (TPSA) is 67.1 Å². The third-order valence-corrected chi connectivity index (χ3v) is 5.48. The Hall–Kier alpha value is -2.70. The summed E-state index contributed by atoms with van der Waals surface area (Å²) >= 11 is 0. The van der Waals surface area contributed by atoms with Gasteiger partial charge in [-0.25, -0.2) is 4.79 Å². The van der Waals surface area contributed by atoms with Crippen molar-refractivity contribution in [1.29, 1.82) is 0 Å². The first-order chi connectivity index (χ1) is 13.5. The van der Waals surface area contributed by atoms with Crippen LogP contribution in [0, 0.1) is 13.8 Å². The monoisotopic (exact) mass is 382 g/mol. The van der Waals surface area contributed by atoms with E-state index >= 15 is 0 Å². The summed E-state index contributed by atoms with van der Waals surface area (Å²) < 4.78 is 0. The third kappa shape index (κ3) is 5.65. The fourth-order valence-electron chi connectivity index (χ4n) is 3.63. The minimum Gasteiger partial charge on any atom is -0.322 e. The minimum atomic E-state index is -0.466. The second-order valence-corrected chi connectivity index (χ2v) is 7.59. The molecule has 3 rings (SSSR count). The standard InChI is InChI=1S/C22H28N4O2/c1-17-7-6-10-20(18(17)2)23-22(28)24-21(27)16-26-13-11-25(12-14-26)15-19-8-4-3-5-9-19/h3-10H,11-16H2,1-2H3,(H2,23,24,27,28)/p+2. The van der Waals surface area contributed by atoms with Crippen molar-refractivity contribution in [3.05, 3.63) is 65.2 Å². The first-order valence-corrected chi connectivity index (χ1v) is 9.89. The van der Waals surface area contributed by atoms with Crippen molar-refractivity contribution in [2.45, 2.75) is 20.4 Å². The predicted molar refractivity (Wildman–Crippen MR) is 109 cm³/mol. The van der Waals surface area contributed by atoms with Gasteiger partial charge >= 0.3 is 6.03 Å². The first-order valence-electron chi connectivity index (χ1n) is 9.89. The Kier molecular flexibility index (Phi) is 6.79. The summed E-state index contributed by atoms with van der Waals surface area (Å²) in [5.74, 6) is -0.232. The zero-order valence-electron chi connectivity index (χ0n) is 16.7. The van der Waals surface area contributed by atoms with Crippen LogP contribution in [-0.4, -0.2) is 44.7 Å². The van der Waals surface area contributed by atoms with Crippen LogP contribution < -0.4 is 20.4 Å². The third-order valence-electron chi connectivity index (χ3n) is 5.48. The van der Waals surface area contributed by atoms with E-state index < -0.39 is 6.03 Å². The van der Waals surface area contributed by atoms with E-state index in [2.05, 4.69) is 34.9 Å². The Morgan fingerprint density at radius 2 is 1.57 bits per heavy atom. The van der Waals surface area contributed by atoms with Crippen molar-refractivity contribution >= 4 is 17.6 Å². The summed E-state index contributed by atoms with van der Waals surface area (Å²) in [5, 5.41) is 5.23. The van der Waals surface area contributed by atoms with Crippen molar-refractivity contribution < 1.29 is 19.4 Å². The molecule has 0 bridgehead atoms. The largest absolute Gasteiger partial charge is 0.326 e. The zero-order chi connectivity index (χ0) is 19.9. The number of nitrogens with one attached hydrogen (secondary N) is 4. The van der Waals surface area contributed by atoms with Gasteiger partial charge in [-0.15, -0.1) is 0 Å². The molecule has 2 aromatic rings. The van der Waals surface area contributed by atoms with Gasteiger partial charge in [0.05, 0.1) is 0 Å². The van der Waals surface area contributed by atoms with E-state index in [1.807, 2.05) is 38.1 Å². The van der Waals surface area contributed by atoms with Crippen LogP contribution in [0.2, 0.25) is 0 Å². The molecule has 0 unspecified atom stereocenters. The number of urea groups is 1. The number of rotatable bonds is 5. The van der Waals surface area contributed by atoms with Gasteiger partial charge < -0.3 is 15.1 Å². The quantitative estimate of drug-likeness (QED) is 0.585. The number of piperazine rings is 1. The van der Waals surface area contributed by atoms with Gasteiger partial charge in [-0.2, -0.15) is 0 Å². The lowest BCUT2D eigenvalue weighted by atomic mass is 10.1. The molecule has 28 heavy (non-hydrogen) atoms. The fraction of sp³-hybridized carbons (Fsp3) is 0.364. The van der Waals surface area contributed by atoms with Gasteiger partial charge in [0.2, 0.25) is 0 Å². The van der Waals surface area contributed by atoms with Crippen molar-refractivity contribution in [3.8, 4) is 0 Å². The van der Waals surface area contributed by atoms with Gasteiger partial charge in [0.25, 0.3) is 5.91 Å². The highest BCUT2D eigenvalue weighted by Crippen LogP contribution is 2.17. The summed E-state index contributed by atoms with van der Waals surface area (Å²) in [6.07, 6.45) is 0. The van der Waals surface area contributed by atoms with E-state index in [0.29, 0.717) is 6.54 Å². The molecule has 148 valence electrons. The Bertz CT molecular complexity index is 815. The van der Waals surface area contributed by atoms with E-state index in [9.17, 15) is 9.59 Å². The van der Waals surface area contributed by atoms with E-state index in [-0.39, 0.29) is 5.91 Å². The molecular formula is C22H30N4O2+2. The van der Waals surface area contributed by atoms with Gasteiger partial charge in [0, 0.05) is 11.3 Å². The average Bonchev–Trinajstić information content (AvgIpc) is 2.68. The van der Waals surface area contributed by atoms with Gasteiger partial charge in [-0.1, -0.05) is 42.5 Å². The SMILES string of the molecule is Cc1cccc(NC(=O)NC(=O)C[NH+]2CC[NH+](Cc3ccccc3)CC2)c1C. The molecule has 6 heteroatoms. The van der Waals surface area contributed by atoms with E-state index in [1.54, 1.807) is 4.90 Å². The Balaban J connectivity index is 1.40. The summed E-state index contributed by atoms with van der Waals surface area (Å²) in [6, 6.07) is 15.8. The summed E-state index contributed by atoms with van der Waals surface area (Å²) in [7, 11) is 0. The van der Waals surface area contributed by atoms with Gasteiger partial charge in [-0.3, -0.25) is 10.1 Å². The molecule has 0 aliphatic carbocycles. The van der Waals surface area contributed by atoms with E-state index in [1.165, 1.54) is 10.5 Å². The number of anilines is 1. The lowest BCUT2D eigenvalue weighted by Crippen LogP contribution is -3.28. The maximum absolute atomic E-state index is 12.2. The molecule has 0 radical (unpaired) electrons. The number of quaternary nitrogens is 2. The molecule has 0 aromatic heterocycles. The van der Waals surface area contributed by atoms with E-state index in [4.69, 9.17) is 0 Å². The summed E-state index contributed by atoms with van der Waals surface area (Å²) in [5.41, 5.74) is 4.19. The summed E-state index contributed by atoms with van der Waals surface area (Å²) in [6.45, 7) is 9.25.